The molecule has 0 fully saturated rings. The molecule has 0 unspecified atom stereocenters. The third kappa shape index (κ3) is 5.96. The Morgan fingerprint density at radius 1 is 0.667 bits per heavy atom. The van der Waals surface area contributed by atoms with Crippen LogP contribution in [0.25, 0.3) is 0 Å². The van der Waals surface area contributed by atoms with Gasteiger partial charge in [-0.3, -0.25) is 0 Å². The van der Waals surface area contributed by atoms with Crippen LogP contribution in [0.5, 0.6) is 0 Å². The Kier molecular flexibility index (Phi) is 7.07. The molecule has 0 saturated carbocycles. The van der Waals surface area contributed by atoms with Gasteiger partial charge in [0.15, 0.2) is 0 Å². The lowest BCUT2D eigenvalue weighted by Crippen LogP contribution is -1.67. The van der Waals surface area contributed by atoms with E-state index in [1.54, 1.807) is 36.4 Å². The molecule has 0 amide bonds. The molecule has 0 aliphatic rings. The quantitative estimate of drug-likeness (QED) is 0.489. The summed E-state index contributed by atoms with van der Waals surface area (Å²) < 4.78 is 0. The normalized spacial score (nSPS) is 9.67. The van der Waals surface area contributed by atoms with Crippen molar-refractivity contribution in [3.63, 3.8) is 0 Å². The van der Waals surface area contributed by atoms with Crippen molar-refractivity contribution in [1.82, 2.24) is 0 Å². The fourth-order valence-corrected chi connectivity index (χ4v) is 2.56. The van der Waals surface area contributed by atoms with Gasteiger partial charge in [0.2, 0.25) is 0 Å². The highest BCUT2D eigenvalue weighted by Gasteiger charge is 1.93. The smallest absolute Gasteiger partial charge is 0.0540 e. The molecule has 0 saturated heterocycles. The van der Waals surface area contributed by atoms with Crippen LogP contribution in [-0.4, -0.2) is 0 Å². The van der Waals surface area contributed by atoms with Crippen molar-refractivity contribution >= 4 is 71.7 Å². The van der Waals surface area contributed by atoms with Gasteiger partial charge in [-0.15, -0.1) is 25.3 Å². The molecule has 2 rings (SSSR count). The van der Waals surface area contributed by atoms with Gasteiger partial charge in [-0.05, 0) is 36.4 Å². The molecular formula is C12H8Cl4S2. The molecule has 96 valence electrons. The van der Waals surface area contributed by atoms with Gasteiger partial charge in [0, 0.05) is 24.9 Å². The van der Waals surface area contributed by atoms with Crippen LogP contribution in [0.3, 0.4) is 0 Å². The van der Waals surface area contributed by atoms with Crippen molar-refractivity contribution in [2.75, 3.05) is 0 Å². The monoisotopic (exact) mass is 356 g/mol. The van der Waals surface area contributed by atoms with Gasteiger partial charge in [-0.2, -0.15) is 0 Å². The first-order valence-corrected chi connectivity index (χ1v) is 7.08. The molecule has 0 spiro atoms. The maximum atomic E-state index is 5.65. The van der Waals surface area contributed by atoms with Crippen LogP contribution in [0, 0.1) is 0 Å². The molecule has 18 heavy (non-hydrogen) atoms. The highest BCUT2D eigenvalue weighted by molar-refractivity contribution is 7.80. The minimum Gasteiger partial charge on any atom is -0.143 e. The number of rotatable bonds is 0. The zero-order valence-electron chi connectivity index (χ0n) is 8.87. The highest BCUT2D eigenvalue weighted by atomic mass is 35.5. The van der Waals surface area contributed by atoms with E-state index in [0.717, 1.165) is 4.90 Å². The molecule has 0 heterocycles. The summed E-state index contributed by atoms with van der Waals surface area (Å²) in [6, 6.07) is 10.3. The van der Waals surface area contributed by atoms with Gasteiger partial charge in [-0.1, -0.05) is 46.4 Å². The van der Waals surface area contributed by atoms with Crippen LogP contribution < -0.4 is 0 Å². The van der Waals surface area contributed by atoms with Crippen LogP contribution in [0.1, 0.15) is 0 Å². The number of hydrogen-bond acceptors (Lipinski definition) is 2. The summed E-state index contributed by atoms with van der Waals surface area (Å²) in [6.07, 6.45) is 0. The van der Waals surface area contributed by atoms with Gasteiger partial charge >= 0.3 is 0 Å². The summed E-state index contributed by atoms with van der Waals surface area (Å²) in [5, 5.41) is 2.52. The van der Waals surface area contributed by atoms with Crippen LogP contribution in [0.2, 0.25) is 20.1 Å². The summed E-state index contributed by atoms with van der Waals surface area (Å²) in [5.41, 5.74) is 0. The number of hydrogen-bond donors (Lipinski definition) is 2. The molecule has 0 bridgehead atoms. The van der Waals surface area contributed by atoms with Gasteiger partial charge < -0.3 is 0 Å². The summed E-state index contributed by atoms with van der Waals surface area (Å²) in [7, 11) is 0. The molecule has 2 aromatic carbocycles. The fraction of sp³-hybridized carbons (Fsp3) is 0. The first-order chi connectivity index (χ1) is 8.38. The van der Waals surface area contributed by atoms with E-state index in [0.29, 0.717) is 25.0 Å². The first kappa shape index (κ1) is 16.4. The van der Waals surface area contributed by atoms with E-state index in [9.17, 15) is 0 Å². The molecule has 0 aliphatic carbocycles. The average molecular weight is 358 g/mol. The molecule has 0 radical (unpaired) electrons. The molecule has 0 atom stereocenters. The summed E-state index contributed by atoms with van der Waals surface area (Å²) in [6.45, 7) is 0. The van der Waals surface area contributed by atoms with Crippen molar-refractivity contribution in [2.45, 2.75) is 9.79 Å². The first-order valence-electron chi connectivity index (χ1n) is 4.67. The zero-order chi connectivity index (χ0) is 13.7. The highest BCUT2D eigenvalue weighted by Crippen LogP contribution is 2.23. The van der Waals surface area contributed by atoms with Crippen LogP contribution in [-0.2, 0) is 0 Å². The van der Waals surface area contributed by atoms with Gasteiger partial charge in [0.1, 0.15) is 0 Å². The van der Waals surface area contributed by atoms with Crippen molar-refractivity contribution in [3.05, 3.63) is 56.5 Å². The Labute approximate surface area is 137 Å². The van der Waals surface area contributed by atoms with Crippen molar-refractivity contribution in [2.24, 2.45) is 0 Å². The van der Waals surface area contributed by atoms with E-state index in [-0.39, 0.29) is 0 Å². The Morgan fingerprint density at radius 2 is 1.22 bits per heavy atom. The molecule has 2 aromatic rings. The van der Waals surface area contributed by atoms with E-state index < -0.39 is 0 Å². The average Bonchev–Trinajstić information content (AvgIpc) is 2.23. The van der Waals surface area contributed by atoms with Crippen LogP contribution in [0.15, 0.2) is 46.2 Å². The number of thiol groups is 2. The second kappa shape index (κ2) is 7.78. The van der Waals surface area contributed by atoms with Crippen LogP contribution in [0.4, 0.5) is 0 Å². The van der Waals surface area contributed by atoms with Crippen molar-refractivity contribution < 1.29 is 0 Å². The predicted octanol–water partition coefficient (Wildman–Crippen LogP) is 6.56. The largest absolute Gasteiger partial charge is 0.143 e. The summed E-state index contributed by atoms with van der Waals surface area (Å²) in [4.78, 5) is 1.50. The number of benzene rings is 2. The predicted molar refractivity (Wildman–Crippen MR) is 87.4 cm³/mol. The lowest BCUT2D eigenvalue weighted by molar-refractivity contribution is 1.48. The Hall–Kier alpha value is 0.300. The summed E-state index contributed by atoms with van der Waals surface area (Å²) in [5.74, 6) is 0. The lowest BCUT2D eigenvalue weighted by atomic mass is 10.4. The van der Waals surface area contributed by atoms with Gasteiger partial charge in [0.05, 0.1) is 5.02 Å². The molecular weight excluding hydrogens is 350 g/mol. The van der Waals surface area contributed by atoms with E-state index in [1.807, 2.05) is 0 Å². The van der Waals surface area contributed by atoms with Gasteiger partial charge in [0.25, 0.3) is 0 Å². The standard InChI is InChI=1S/2C6H4Cl2S/c7-4-1-5(8)3-6(9)2-4;7-4-1-2-5(8)6(9)3-4/h2*1-3,9H. The topological polar surface area (TPSA) is 0 Å². The van der Waals surface area contributed by atoms with E-state index in [1.165, 1.54) is 0 Å². The number of halogens is 4. The Balaban J connectivity index is 0.000000180. The van der Waals surface area contributed by atoms with Crippen LogP contribution >= 0.6 is 71.7 Å². The third-order valence-corrected chi connectivity index (χ3v) is 3.52. The van der Waals surface area contributed by atoms with Crippen molar-refractivity contribution in [3.8, 4) is 0 Å². The lowest BCUT2D eigenvalue weighted by Gasteiger charge is -1.94. The molecule has 6 heteroatoms. The van der Waals surface area contributed by atoms with E-state index >= 15 is 0 Å². The summed E-state index contributed by atoms with van der Waals surface area (Å²) >= 11 is 30.6. The van der Waals surface area contributed by atoms with E-state index in [4.69, 9.17) is 46.4 Å². The maximum Gasteiger partial charge on any atom is 0.0540 e. The molecule has 0 nitrogen and oxygen atoms in total. The molecule has 0 aromatic heterocycles. The maximum absolute atomic E-state index is 5.65. The van der Waals surface area contributed by atoms with Crippen molar-refractivity contribution in [1.29, 1.82) is 0 Å². The Morgan fingerprint density at radius 3 is 1.61 bits per heavy atom. The minimum atomic E-state index is 0.618. The van der Waals surface area contributed by atoms with Gasteiger partial charge in [-0.25, -0.2) is 0 Å². The molecule has 0 N–H and O–H groups in total. The molecule has 0 aliphatic heterocycles. The minimum absolute atomic E-state index is 0.618. The van der Waals surface area contributed by atoms with E-state index in [2.05, 4.69) is 25.3 Å². The Bertz CT molecular complexity index is 493. The second-order valence-electron chi connectivity index (χ2n) is 3.22. The fourth-order valence-electron chi connectivity index (χ4n) is 1.03. The second-order valence-corrected chi connectivity index (χ2v) is 5.94. The SMILES string of the molecule is Sc1cc(Cl)cc(Cl)c1.Sc1cc(Cl)ccc1Cl. The zero-order valence-corrected chi connectivity index (χ0v) is 13.7. The third-order valence-electron chi connectivity index (χ3n) is 1.76.